The first-order valence-electron chi connectivity index (χ1n) is 10.5. The number of halogens is 1. The summed E-state index contributed by atoms with van der Waals surface area (Å²) in [6.45, 7) is 3.37. The summed E-state index contributed by atoms with van der Waals surface area (Å²) in [5.41, 5.74) is 7.11. The molecule has 0 unspecified atom stereocenters. The number of anilines is 2. The molecule has 1 aromatic carbocycles. The number of piperazine rings is 1. The van der Waals surface area contributed by atoms with Crippen molar-refractivity contribution in [3.63, 3.8) is 0 Å². The second-order valence-electron chi connectivity index (χ2n) is 7.99. The van der Waals surface area contributed by atoms with Crippen LogP contribution in [0, 0.1) is 12.7 Å². The summed E-state index contributed by atoms with van der Waals surface area (Å²) < 4.78 is 42.5. The van der Waals surface area contributed by atoms with Crippen molar-refractivity contribution in [1.29, 1.82) is 0 Å². The van der Waals surface area contributed by atoms with Gasteiger partial charge in [0.05, 0.1) is 23.8 Å². The maximum atomic E-state index is 15.1. The van der Waals surface area contributed by atoms with E-state index < -0.39 is 26.6 Å². The second kappa shape index (κ2) is 9.41. The van der Waals surface area contributed by atoms with E-state index in [-0.39, 0.29) is 30.3 Å². The van der Waals surface area contributed by atoms with Gasteiger partial charge in [0.2, 0.25) is 10.0 Å². The van der Waals surface area contributed by atoms with Crippen LogP contribution in [-0.2, 0) is 10.0 Å². The van der Waals surface area contributed by atoms with Crippen LogP contribution in [0.25, 0.3) is 11.3 Å². The lowest BCUT2D eigenvalue weighted by atomic mass is 10.1. The molecule has 3 N–H and O–H groups in total. The highest BCUT2D eigenvalue weighted by molar-refractivity contribution is 7.89. The zero-order valence-electron chi connectivity index (χ0n) is 18.7. The third kappa shape index (κ3) is 4.74. The average Bonchev–Trinajstić information content (AvgIpc) is 2.81. The van der Waals surface area contributed by atoms with Crippen LogP contribution >= 0.6 is 0 Å². The molecule has 1 aliphatic rings. The van der Waals surface area contributed by atoms with E-state index in [0.29, 0.717) is 29.9 Å². The largest absolute Gasteiger partial charge is 0.382 e. The molecule has 0 aliphatic carbocycles. The standard InChI is InChI=1S/C22H24FN7O3S/c1-14-10-19(34(32,33)30-8-6-29(2)7-9-30)17(23)11-16(14)18-13-26-21(24)20(28-18)22(31)27-15-4-3-5-25-12-15/h3-5,10-13H,6-9H2,1-2H3,(H2,24,26)(H,27,31). The van der Waals surface area contributed by atoms with Gasteiger partial charge in [0.15, 0.2) is 11.5 Å². The van der Waals surface area contributed by atoms with Gasteiger partial charge >= 0.3 is 0 Å². The third-order valence-electron chi connectivity index (χ3n) is 5.57. The molecule has 10 nitrogen and oxygen atoms in total. The highest BCUT2D eigenvalue weighted by Crippen LogP contribution is 2.29. The number of aryl methyl sites for hydroxylation is 1. The summed E-state index contributed by atoms with van der Waals surface area (Å²) in [7, 11) is -2.09. The predicted molar refractivity (Wildman–Crippen MR) is 125 cm³/mol. The summed E-state index contributed by atoms with van der Waals surface area (Å²) in [4.78, 5) is 26.5. The highest BCUT2D eigenvalue weighted by atomic mass is 32.2. The SMILES string of the molecule is Cc1cc(S(=O)(=O)N2CCN(C)CC2)c(F)cc1-c1cnc(N)c(C(=O)Nc2cccnc2)n1. The molecule has 4 rings (SSSR count). The molecule has 3 heterocycles. The topological polar surface area (TPSA) is 134 Å². The number of carbonyl (C=O) groups is 1. The number of likely N-dealkylation sites (N-methyl/N-ethyl adjacent to an activating group) is 1. The number of hydrogen-bond acceptors (Lipinski definition) is 8. The van der Waals surface area contributed by atoms with Crippen molar-refractivity contribution < 1.29 is 17.6 Å². The lowest BCUT2D eigenvalue weighted by Gasteiger charge is -2.31. The fraction of sp³-hybridized carbons (Fsp3) is 0.273. The molecule has 0 radical (unpaired) electrons. The number of nitrogens with zero attached hydrogens (tertiary/aromatic N) is 5. The van der Waals surface area contributed by atoms with Crippen molar-refractivity contribution >= 4 is 27.4 Å². The summed E-state index contributed by atoms with van der Waals surface area (Å²) >= 11 is 0. The minimum atomic E-state index is -3.99. The van der Waals surface area contributed by atoms with Crippen LogP contribution in [0.4, 0.5) is 15.9 Å². The Morgan fingerprint density at radius 1 is 1.18 bits per heavy atom. The number of rotatable bonds is 5. The summed E-state index contributed by atoms with van der Waals surface area (Å²) in [5.74, 6) is -1.61. The van der Waals surface area contributed by atoms with Gasteiger partial charge in [0.25, 0.3) is 5.91 Å². The molecule has 1 fully saturated rings. The van der Waals surface area contributed by atoms with Gasteiger partial charge in [-0.05, 0) is 43.8 Å². The molecule has 2 aromatic heterocycles. The molecule has 12 heteroatoms. The first kappa shape index (κ1) is 23.7. The van der Waals surface area contributed by atoms with Crippen molar-refractivity contribution in [2.45, 2.75) is 11.8 Å². The number of carbonyl (C=O) groups excluding carboxylic acids is 1. The lowest BCUT2D eigenvalue weighted by Crippen LogP contribution is -2.47. The molecule has 0 atom stereocenters. The number of nitrogen functional groups attached to an aromatic ring is 1. The van der Waals surface area contributed by atoms with Crippen molar-refractivity contribution in [3.05, 3.63) is 59.9 Å². The number of nitrogens with two attached hydrogens (primary N) is 1. The quantitative estimate of drug-likeness (QED) is 0.558. The van der Waals surface area contributed by atoms with Crippen LogP contribution in [0.5, 0.6) is 0 Å². The Labute approximate surface area is 196 Å². The van der Waals surface area contributed by atoms with Crippen LogP contribution in [0.1, 0.15) is 16.1 Å². The number of hydrogen-bond donors (Lipinski definition) is 2. The molecule has 3 aromatic rings. The van der Waals surface area contributed by atoms with Gasteiger partial charge in [0.1, 0.15) is 10.7 Å². The molecular weight excluding hydrogens is 461 g/mol. The van der Waals surface area contributed by atoms with Crippen LogP contribution in [0.2, 0.25) is 0 Å². The normalized spacial score (nSPS) is 15.3. The van der Waals surface area contributed by atoms with E-state index in [1.165, 1.54) is 22.8 Å². The number of benzene rings is 1. The fourth-order valence-electron chi connectivity index (χ4n) is 3.62. The van der Waals surface area contributed by atoms with Crippen LogP contribution in [-0.4, -0.2) is 71.7 Å². The summed E-state index contributed by atoms with van der Waals surface area (Å²) in [5, 5.41) is 2.63. The monoisotopic (exact) mass is 485 g/mol. The number of sulfonamides is 1. The van der Waals surface area contributed by atoms with Crippen molar-refractivity contribution in [2.75, 3.05) is 44.3 Å². The molecule has 1 aliphatic heterocycles. The Kier molecular flexibility index (Phi) is 6.55. The molecule has 178 valence electrons. The van der Waals surface area contributed by atoms with E-state index in [4.69, 9.17) is 5.73 Å². The Hall–Kier alpha value is -3.48. The molecule has 0 saturated carbocycles. The minimum absolute atomic E-state index is 0.0995. The van der Waals surface area contributed by atoms with Gasteiger partial charge in [-0.25, -0.2) is 22.8 Å². The highest BCUT2D eigenvalue weighted by Gasteiger charge is 2.30. The zero-order chi connectivity index (χ0) is 24.5. The Morgan fingerprint density at radius 2 is 1.91 bits per heavy atom. The van der Waals surface area contributed by atoms with Crippen molar-refractivity contribution in [3.8, 4) is 11.3 Å². The van der Waals surface area contributed by atoms with Gasteiger partial charge in [-0.2, -0.15) is 4.31 Å². The van der Waals surface area contributed by atoms with E-state index in [0.717, 1.165) is 6.07 Å². The fourth-order valence-corrected chi connectivity index (χ4v) is 5.17. The van der Waals surface area contributed by atoms with E-state index in [9.17, 15) is 13.2 Å². The number of aromatic nitrogens is 3. The maximum Gasteiger partial charge on any atom is 0.278 e. The molecule has 1 amide bonds. The maximum absolute atomic E-state index is 15.1. The molecule has 0 bridgehead atoms. The zero-order valence-corrected chi connectivity index (χ0v) is 19.5. The molecule has 0 spiro atoms. The lowest BCUT2D eigenvalue weighted by molar-refractivity contribution is 0.102. The smallest absolute Gasteiger partial charge is 0.278 e. The Balaban J connectivity index is 1.66. The van der Waals surface area contributed by atoms with Crippen molar-refractivity contribution in [2.24, 2.45) is 0 Å². The molecular formula is C22H24FN7O3S. The Bertz CT molecular complexity index is 1330. The summed E-state index contributed by atoms with van der Waals surface area (Å²) in [6, 6.07) is 5.69. The van der Waals surface area contributed by atoms with Crippen LogP contribution in [0.15, 0.2) is 47.8 Å². The van der Waals surface area contributed by atoms with Crippen LogP contribution < -0.4 is 11.1 Å². The molecule has 34 heavy (non-hydrogen) atoms. The van der Waals surface area contributed by atoms with E-state index >= 15 is 4.39 Å². The first-order chi connectivity index (χ1) is 16.2. The third-order valence-corrected chi connectivity index (χ3v) is 7.48. The van der Waals surface area contributed by atoms with E-state index in [2.05, 4.69) is 20.3 Å². The number of amides is 1. The van der Waals surface area contributed by atoms with Crippen molar-refractivity contribution in [1.82, 2.24) is 24.2 Å². The van der Waals surface area contributed by atoms with Gasteiger partial charge in [-0.3, -0.25) is 9.78 Å². The Morgan fingerprint density at radius 3 is 2.59 bits per heavy atom. The van der Waals surface area contributed by atoms with Gasteiger partial charge < -0.3 is 16.0 Å². The van der Waals surface area contributed by atoms with E-state index in [1.54, 1.807) is 25.3 Å². The average molecular weight is 486 g/mol. The first-order valence-corrected chi connectivity index (χ1v) is 11.9. The van der Waals surface area contributed by atoms with E-state index in [1.807, 2.05) is 11.9 Å². The van der Waals surface area contributed by atoms with Gasteiger partial charge in [0, 0.05) is 37.9 Å². The van der Waals surface area contributed by atoms with Gasteiger partial charge in [-0.1, -0.05) is 0 Å². The number of pyridine rings is 1. The number of nitrogens with one attached hydrogen (secondary N) is 1. The minimum Gasteiger partial charge on any atom is -0.382 e. The molecule has 1 saturated heterocycles. The van der Waals surface area contributed by atoms with Crippen LogP contribution in [0.3, 0.4) is 0 Å². The second-order valence-corrected chi connectivity index (χ2v) is 9.90. The van der Waals surface area contributed by atoms with Gasteiger partial charge in [-0.15, -0.1) is 0 Å². The predicted octanol–water partition coefficient (Wildman–Crippen LogP) is 1.76. The summed E-state index contributed by atoms with van der Waals surface area (Å²) in [6.07, 6.45) is 4.34.